The van der Waals surface area contributed by atoms with Crippen LogP contribution in [0.3, 0.4) is 0 Å². The van der Waals surface area contributed by atoms with Gasteiger partial charge in [0.05, 0.1) is 12.6 Å². The molecule has 2 N–H and O–H groups in total. The molecule has 2 nitrogen and oxygen atoms in total. The zero-order chi connectivity index (χ0) is 12.8. The van der Waals surface area contributed by atoms with Crippen LogP contribution >= 0.6 is 0 Å². The van der Waals surface area contributed by atoms with E-state index >= 15 is 0 Å². The summed E-state index contributed by atoms with van der Waals surface area (Å²) in [4.78, 5) is 0. The third-order valence-electron chi connectivity index (χ3n) is 2.93. The van der Waals surface area contributed by atoms with Crippen molar-refractivity contribution in [2.75, 3.05) is 11.9 Å². The van der Waals surface area contributed by atoms with E-state index in [0.29, 0.717) is 0 Å². The number of aliphatic hydroxyl groups excluding tert-OH is 1. The van der Waals surface area contributed by atoms with E-state index in [1.165, 1.54) is 11.1 Å². The number of rotatable bonds is 5. The quantitative estimate of drug-likeness (QED) is 0.843. The van der Waals surface area contributed by atoms with E-state index in [1.807, 2.05) is 30.3 Å². The molecule has 0 aromatic heterocycles. The molecule has 0 radical (unpaired) electrons. The third kappa shape index (κ3) is 3.60. The van der Waals surface area contributed by atoms with Crippen molar-refractivity contribution in [2.45, 2.75) is 19.4 Å². The van der Waals surface area contributed by atoms with Gasteiger partial charge in [-0.3, -0.25) is 0 Å². The molecule has 2 rings (SSSR count). The van der Waals surface area contributed by atoms with Crippen LogP contribution in [-0.2, 0) is 6.42 Å². The van der Waals surface area contributed by atoms with Gasteiger partial charge in [-0.2, -0.15) is 0 Å². The van der Waals surface area contributed by atoms with Crippen LogP contribution in [-0.4, -0.2) is 17.8 Å². The Morgan fingerprint density at radius 3 is 2.50 bits per heavy atom. The molecule has 0 aliphatic heterocycles. The van der Waals surface area contributed by atoms with Gasteiger partial charge in [-0.05, 0) is 36.6 Å². The van der Waals surface area contributed by atoms with E-state index < -0.39 is 0 Å². The van der Waals surface area contributed by atoms with Crippen molar-refractivity contribution in [1.29, 1.82) is 0 Å². The Hall–Kier alpha value is -1.80. The van der Waals surface area contributed by atoms with Crippen LogP contribution in [0.1, 0.15) is 11.1 Å². The van der Waals surface area contributed by atoms with Gasteiger partial charge in [-0.1, -0.05) is 42.5 Å². The lowest BCUT2D eigenvalue weighted by molar-refractivity contribution is 0.273. The molecule has 94 valence electrons. The Labute approximate surface area is 108 Å². The number of hydrogen-bond donors (Lipinski definition) is 2. The molecular formula is C16H19NO. The number of hydrogen-bond acceptors (Lipinski definition) is 2. The second-order valence-corrected chi connectivity index (χ2v) is 4.58. The van der Waals surface area contributed by atoms with Gasteiger partial charge in [0.2, 0.25) is 0 Å². The van der Waals surface area contributed by atoms with Gasteiger partial charge >= 0.3 is 0 Å². The fourth-order valence-electron chi connectivity index (χ4n) is 2.03. The minimum atomic E-state index is 0.0502. The van der Waals surface area contributed by atoms with Gasteiger partial charge in [-0.25, -0.2) is 0 Å². The molecule has 2 aromatic carbocycles. The maximum Gasteiger partial charge on any atom is 0.0636 e. The highest BCUT2D eigenvalue weighted by molar-refractivity contribution is 5.46. The number of anilines is 1. The van der Waals surface area contributed by atoms with E-state index in [0.717, 1.165) is 12.1 Å². The molecule has 1 atom stereocenters. The monoisotopic (exact) mass is 241 g/mol. The summed E-state index contributed by atoms with van der Waals surface area (Å²) < 4.78 is 0. The maximum atomic E-state index is 9.46. The Morgan fingerprint density at radius 2 is 1.83 bits per heavy atom. The Morgan fingerprint density at radius 1 is 1.06 bits per heavy atom. The van der Waals surface area contributed by atoms with Gasteiger partial charge in [0.25, 0.3) is 0 Å². The lowest BCUT2D eigenvalue weighted by atomic mass is 10.1. The van der Waals surface area contributed by atoms with Gasteiger partial charge in [0.15, 0.2) is 0 Å². The van der Waals surface area contributed by atoms with E-state index in [-0.39, 0.29) is 12.6 Å². The summed E-state index contributed by atoms with van der Waals surface area (Å²) >= 11 is 0. The first-order valence-corrected chi connectivity index (χ1v) is 6.26. The minimum absolute atomic E-state index is 0.0502. The number of nitrogens with one attached hydrogen (secondary N) is 1. The average Bonchev–Trinajstić information content (AvgIpc) is 2.39. The van der Waals surface area contributed by atoms with Gasteiger partial charge in [0.1, 0.15) is 0 Å². The zero-order valence-corrected chi connectivity index (χ0v) is 10.6. The standard InChI is InChI=1S/C16H19NO/c1-13-6-5-9-15(10-13)17-16(12-18)11-14-7-3-2-4-8-14/h2-10,16-18H,11-12H2,1H3. The lowest BCUT2D eigenvalue weighted by Crippen LogP contribution is -2.26. The van der Waals surface area contributed by atoms with Crippen LogP contribution in [0.4, 0.5) is 5.69 Å². The first-order valence-electron chi connectivity index (χ1n) is 6.26. The van der Waals surface area contributed by atoms with E-state index in [4.69, 9.17) is 0 Å². The van der Waals surface area contributed by atoms with Crippen molar-refractivity contribution in [1.82, 2.24) is 0 Å². The van der Waals surface area contributed by atoms with Crippen LogP contribution in [0.2, 0.25) is 0 Å². The normalized spacial score (nSPS) is 12.1. The van der Waals surface area contributed by atoms with Crippen LogP contribution in [0.25, 0.3) is 0 Å². The van der Waals surface area contributed by atoms with Gasteiger partial charge in [-0.15, -0.1) is 0 Å². The molecule has 0 saturated carbocycles. The first kappa shape index (κ1) is 12.7. The molecule has 0 fully saturated rings. The van der Waals surface area contributed by atoms with Crippen molar-refractivity contribution >= 4 is 5.69 Å². The van der Waals surface area contributed by atoms with E-state index in [1.54, 1.807) is 0 Å². The first-order chi connectivity index (χ1) is 8.78. The molecule has 0 aliphatic carbocycles. The van der Waals surface area contributed by atoms with Crippen molar-refractivity contribution < 1.29 is 5.11 Å². The molecule has 2 heteroatoms. The molecule has 0 saturated heterocycles. The van der Waals surface area contributed by atoms with Crippen molar-refractivity contribution in [3.05, 3.63) is 65.7 Å². The van der Waals surface area contributed by atoms with Gasteiger partial charge < -0.3 is 10.4 Å². The second kappa shape index (κ2) is 6.22. The molecule has 0 bridgehead atoms. The number of aliphatic hydroxyl groups is 1. The predicted octanol–water partition coefficient (Wildman–Crippen LogP) is 3.01. The number of aryl methyl sites for hydroxylation is 1. The zero-order valence-electron chi connectivity index (χ0n) is 10.6. The van der Waals surface area contributed by atoms with Crippen molar-refractivity contribution in [2.24, 2.45) is 0 Å². The fourth-order valence-corrected chi connectivity index (χ4v) is 2.03. The molecule has 18 heavy (non-hydrogen) atoms. The van der Waals surface area contributed by atoms with E-state index in [2.05, 4.69) is 36.5 Å². The van der Waals surface area contributed by atoms with Crippen LogP contribution < -0.4 is 5.32 Å². The summed E-state index contributed by atoms with van der Waals surface area (Å²) in [5, 5.41) is 12.8. The molecule has 0 aliphatic rings. The number of benzene rings is 2. The fraction of sp³-hybridized carbons (Fsp3) is 0.250. The summed E-state index contributed by atoms with van der Waals surface area (Å²) in [5.74, 6) is 0. The van der Waals surface area contributed by atoms with Crippen molar-refractivity contribution in [3.63, 3.8) is 0 Å². The second-order valence-electron chi connectivity index (χ2n) is 4.58. The lowest BCUT2D eigenvalue weighted by Gasteiger charge is -2.18. The highest BCUT2D eigenvalue weighted by Gasteiger charge is 2.08. The smallest absolute Gasteiger partial charge is 0.0636 e. The van der Waals surface area contributed by atoms with Crippen molar-refractivity contribution in [3.8, 4) is 0 Å². The summed E-state index contributed by atoms with van der Waals surface area (Å²) in [5.41, 5.74) is 3.51. The molecule has 2 aromatic rings. The Bertz CT molecular complexity index is 481. The largest absolute Gasteiger partial charge is 0.394 e. The summed E-state index contributed by atoms with van der Waals surface area (Å²) in [6.45, 7) is 2.19. The average molecular weight is 241 g/mol. The van der Waals surface area contributed by atoms with Crippen LogP contribution in [0, 0.1) is 6.92 Å². The highest BCUT2D eigenvalue weighted by atomic mass is 16.3. The van der Waals surface area contributed by atoms with Gasteiger partial charge in [0, 0.05) is 5.69 Å². The minimum Gasteiger partial charge on any atom is -0.394 e. The summed E-state index contributed by atoms with van der Waals surface area (Å²) in [6.07, 6.45) is 0.825. The Balaban J connectivity index is 2.01. The molecule has 0 amide bonds. The SMILES string of the molecule is Cc1cccc(NC(CO)Cc2ccccc2)c1. The van der Waals surface area contributed by atoms with Crippen LogP contribution in [0.15, 0.2) is 54.6 Å². The molecule has 1 unspecified atom stereocenters. The predicted molar refractivity (Wildman–Crippen MR) is 75.8 cm³/mol. The molecular weight excluding hydrogens is 222 g/mol. The maximum absolute atomic E-state index is 9.46. The molecule has 0 heterocycles. The summed E-state index contributed by atoms with van der Waals surface area (Å²) in [7, 11) is 0. The third-order valence-corrected chi connectivity index (χ3v) is 2.93. The Kier molecular flexibility index (Phi) is 4.37. The van der Waals surface area contributed by atoms with Crippen LogP contribution in [0.5, 0.6) is 0 Å². The highest BCUT2D eigenvalue weighted by Crippen LogP contribution is 2.13. The summed E-state index contributed by atoms with van der Waals surface area (Å²) in [6, 6.07) is 18.5. The van der Waals surface area contributed by atoms with E-state index in [9.17, 15) is 5.11 Å². The molecule has 0 spiro atoms. The topological polar surface area (TPSA) is 32.3 Å².